The van der Waals surface area contributed by atoms with E-state index in [2.05, 4.69) is 27.1 Å². The maximum atomic E-state index is 12.2. The average Bonchev–Trinajstić information content (AvgIpc) is 2.67. The number of carbonyl (C=O) groups excluding carboxylic acids is 1. The van der Waals surface area contributed by atoms with Gasteiger partial charge in [0.15, 0.2) is 0 Å². The Hall–Kier alpha value is -2.91. The number of pyridine rings is 1. The third-order valence-corrected chi connectivity index (χ3v) is 4.37. The number of nitriles is 1. The third kappa shape index (κ3) is 4.34. The summed E-state index contributed by atoms with van der Waals surface area (Å²) >= 11 is 0. The fraction of sp³-hybridized carbons (Fsp3) is 0.316. The zero-order chi connectivity index (χ0) is 17.6. The van der Waals surface area contributed by atoms with E-state index in [1.807, 2.05) is 18.2 Å². The van der Waals surface area contributed by atoms with E-state index in [9.17, 15) is 4.79 Å². The number of anilines is 1. The highest BCUT2D eigenvalue weighted by molar-refractivity contribution is 5.94. The Morgan fingerprint density at radius 3 is 2.60 bits per heavy atom. The largest absolute Gasteiger partial charge is 0.354 e. The van der Waals surface area contributed by atoms with Crippen LogP contribution in [0, 0.1) is 11.3 Å². The Kier molecular flexibility index (Phi) is 5.26. The van der Waals surface area contributed by atoms with Gasteiger partial charge in [-0.1, -0.05) is 0 Å². The monoisotopic (exact) mass is 335 g/mol. The molecule has 6 heteroatoms. The number of amides is 1. The van der Waals surface area contributed by atoms with Crippen LogP contribution in [0.3, 0.4) is 0 Å². The summed E-state index contributed by atoms with van der Waals surface area (Å²) < 4.78 is 0. The maximum Gasteiger partial charge on any atom is 0.251 e. The first-order chi connectivity index (χ1) is 12.2. The van der Waals surface area contributed by atoms with Crippen LogP contribution >= 0.6 is 0 Å². The Labute approximate surface area is 147 Å². The summed E-state index contributed by atoms with van der Waals surface area (Å²) in [7, 11) is 2.12. The van der Waals surface area contributed by atoms with Crippen LogP contribution in [0.15, 0.2) is 42.6 Å². The average molecular weight is 335 g/mol. The van der Waals surface area contributed by atoms with Crippen molar-refractivity contribution in [3.8, 4) is 6.07 Å². The fourth-order valence-corrected chi connectivity index (χ4v) is 2.76. The Morgan fingerprint density at radius 2 is 1.92 bits per heavy atom. The number of hydrogen-bond donors (Lipinski definition) is 1. The second-order valence-electron chi connectivity index (χ2n) is 6.18. The lowest BCUT2D eigenvalue weighted by Gasteiger charge is -2.33. The minimum atomic E-state index is -0.151. The molecule has 1 N–H and O–H groups in total. The molecule has 1 aromatic carbocycles. The summed E-state index contributed by atoms with van der Waals surface area (Å²) in [6.07, 6.45) is 1.79. The second-order valence-corrected chi connectivity index (χ2v) is 6.18. The molecule has 0 unspecified atom stereocenters. The zero-order valence-corrected chi connectivity index (χ0v) is 14.3. The maximum absolute atomic E-state index is 12.2. The highest BCUT2D eigenvalue weighted by Gasteiger charge is 2.15. The first-order valence-corrected chi connectivity index (χ1v) is 8.32. The summed E-state index contributed by atoms with van der Waals surface area (Å²) in [6, 6.07) is 12.6. The van der Waals surface area contributed by atoms with Gasteiger partial charge in [0.1, 0.15) is 5.82 Å². The SMILES string of the molecule is CN1CCN(c2cc(CNC(=O)c3ccc(C#N)cc3)ccn2)CC1. The molecule has 128 valence electrons. The standard InChI is InChI=1S/C19H21N5O/c1-23-8-10-24(11-9-23)18-12-16(6-7-21-18)14-22-19(25)17-4-2-15(13-20)3-5-17/h2-7,12H,8-11,14H2,1H3,(H,22,25). The summed E-state index contributed by atoms with van der Waals surface area (Å²) in [6.45, 7) is 4.43. The molecule has 1 aliphatic heterocycles. The number of rotatable bonds is 4. The van der Waals surface area contributed by atoms with E-state index in [1.54, 1.807) is 30.5 Å². The molecule has 1 saturated heterocycles. The van der Waals surface area contributed by atoms with Gasteiger partial charge in [-0.05, 0) is 49.0 Å². The van der Waals surface area contributed by atoms with E-state index in [1.165, 1.54) is 0 Å². The molecule has 2 heterocycles. The molecule has 0 saturated carbocycles. The topological polar surface area (TPSA) is 72.3 Å². The second kappa shape index (κ2) is 7.77. The van der Waals surface area contributed by atoms with Crippen LogP contribution in [0.4, 0.5) is 5.82 Å². The minimum Gasteiger partial charge on any atom is -0.354 e. The number of hydrogen-bond acceptors (Lipinski definition) is 5. The number of carbonyl (C=O) groups is 1. The molecule has 0 radical (unpaired) electrons. The van der Waals surface area contributed by atoms with Crippen LogP contribution in [-0.4, -0.2) is 49.0 Å². The number of benzene rings is 1. The summed E-state index contributed by atoms with van der Waals surface area (Å²) in [5, 5.41) is 11.7. The molecule has 1 fully saturated rings. The van der Waals surface area contributed by atoms with Gasteiger partial charge in [0.2, 0.25) is 0 Å². The molecule has 25 heavy (non-hydrogen) atoms. The lowest BCUT2D eigenvalue weighted by Crippen LogP contribution is -2.44. The van der Waals surface area contributed by atoms with Crippen LogP contribution < -0.4 is 10.2 Å². The molecule has 1 aromatic heterocycles. The summed E-state index contributed by atoms with van der Waals surface area (Å²) in [5.41, 5.74) is 2.11. The molecule has 1 aliphatic rings. The molecular formula is C19H21N5O. The number of nitrogens with zero attached hydrogens (tertiary/aromatic N) is 4. The van der Waals surface area contributed by atoms with Crippen LogP contribution in [0.5, 0.6) is 0 Å². The molecule has 0 aliphatic carbocycles. The van der Waals surface area contributed by atoms with Gasteiger partial charge >= 0.3 is 0 Å². The van der Waals surface area contributed by atoms with Crippen molar-refractivity contribution in [2.75, 3.05) is 38.1 Å². The Balaban J connectivity index is 1.60. The van der Waals surface area contributed by atoms with E-state index in [0.29, 0.717) is 17.7 Å². The molecule has 1 amide bonds. The van der Waals surface area contributed by atoms with Gasteiger partial charge in [0.25, 0.3) is 5.91 Å². The van der Waals surface area contributed by atoms with Crippen molar-refractivity contribution < 1.29 is 4.79 Å². The van der Waals surface area contributed by atoms with Crippen molar-refractivity contribution in [1.29, 1.82) is 5.26 Å². The van der Waals surface area contributed by atoms with Crippen LogP contribution in [0.25, 0.3) is 0 Å². The van der Waals surface area contributed by atoms with Crippen molar-refractivity contribution in [1.82, 2.24) is 15.2 Å². The van der Waals surface area contributed by atoms with Crippen molar-refractivity contribution >= 4 is 11.7 Å². The van der Waals surface area contributed by atoms with E-state index in [0.717, 1.165) is 37.6 Å². The van der Waals surface area contributed by atoms with Crippen LogP contribution in [0.2, 0.25) is 0 Å². The Bertz CT molecular complexity index is 773. The van der Waals surface area contributed by atoms with Gasteiger partial charge in [0.05, 0.1) is 11.6 Å². The van der Waals surface area contributed by atoms with Crippen molar-refractivity contribution in [2.24, 2.45) is 0 Å². The van der Waals surface area contributed by atoms with E-state index in [-0.39, 0.29) is 5.91 Å². The lowest BCUT2D eigenvalue weighted by molar-refractivity contribution is 0.0951. The first kappa shape index (κ1) is 16.9. The lowest BCUT2D eigenvalue weighted by atomic mass is 10.1. The predicted octanol–water partition coefficient (Wildman–Crippen LogP) is 1.64. The van der Waals surface area contributed by atoms with Crippen LogP contribution in [0.1, 0.15) is 21.5 Å². The van der Waals surface area contributed by atoms with E-state index >= 15 is 0 Å². The zero-order valence-electron chi connectivity index (χ0n) is 14.3. The van der Waals surface area contributed by atoms with Gasteiger partial charge < -0.3 is 15.1 Å². The third-order valence-electron chi connectivity index (χ3n) is 4.37. The number of aromatic nitrogens is 1. The van der Waals surface area contributed by atoms with Gasteiger partial charge in [-0.25, -0.2) is 4.98 Å². The molecular weight excluding hydrogens is 314 g/mol. The number of likely N-dealkylation sites (N-methyl/N-ethyl adjacent to an activating group) is 1. The first-order valence-electron chi connectivity index (χ1n) is 8.32. The molecule has 3 rings (SSSR count). The molecule has 0 atom stereocenters. The highest BCUT2D eigenvalue weighted by atomic mass is 16.1. The summed E-state index contributed by atoms with van der Waals surface area (Å²) in [5.74, 6) is 0.806. The van der Waals surface area contributed by atoms with Gasteiger partial charge in [-0.2, -0.15) is 5.26 Å². The summed E-state index contributed by atoms with van der Waals surface area (Å²) in [4.78, 5) is 21.2. The van der Waals surface area contributed by atoms with Crippen molar-refractivity contribution in [2.45, 2.75) is 6.54 Å². The van der Waals surface area contributed by atoms with E-state index < -0.39 is 0 Å². The van der Waals surface area contributed by atoms with Crippen molar-refractivity contribution in [3.63, 3.8) is 0 Å². The highest BCUT2D eigenvalue weighted by Crippen LogP contribution is 2.15. The quantitative estimate of drug-likeness (QED) is 0.919. The molecule has 0 spiro atoms. The normalized spacial score (nSPS) is 14.8. The number of piperazine rings is 1. The fourth-order valence-electron chi connectivity index (χ4n) is 2.76. The Morgan fingerprint density at radius 1 is 1.20 bits per heavy atom. The number of nitrogens with one attached hydrogen (secondary N) is 1. The van der Waals surface area contributed by atoms with Crippen molar-refractivity contribution in [3.05, 3.63) is 59.3 Å². The smallest absolute Gasteiger partial charge is 0.251 e. The molecule has 0 bridgehead atoms. The van der Waals surface area contributed by atoms with Crippen LogP contribution in [-0.2, 0) is 6.54 Å². The van der Waals surface area contributed by atoms with Gasteiger partial charge in [0, 0.05) is 44.5 Å². The molecule has 6 nitrogen and oxygen atoms in total. The van der Waals surface area contributed by atoms with E-state index in [4.69, 9.17) is 5.26 Å². The van der Waals surface area contributed by atoms with Gasteiger partial charge in [-0.15, -0.1) is 0 Å². The predicted molar refractivity (Wildman–Crippen MR) is 96.3 cm³/mol. The molecule has 2 aromatic rings. The minimum absolute atomic E-state index is 0.151. The van der Waals surface area contributed by atoms with Gasteiger partial charge in [-0.3, -0.25) is 4.79 Å².